The fourth-order valence-electron chi connectivity index (χ4n) is 3.56. The number of nitrogens with zero attached hydrogens (tertiary/aromatic N) is 1. The summed E-state index contributed by atoms with van der Waals surface area (Å²) in [6.07, 6.45) is 1.29. The molecule has 1 N–H and O–H groups in total. The van der Waals surface area contributed by atoms with Gasteiger partial charge in [-0.2, -0.15) is 0 Å². The van der Waals surface area contributed by atoms with Gasteiger partial charge in [-0.15, -0.1) is 0 Å². The van der Waals surface area contributed by atoms with Gasteiger partial charge in [-0.25, -0.2) is 4.39 Å². The Kier molecular flexibility index (Phi) is 4.11. The van der Waals surface area contributed by atoms with Crippen molar-refractivity contribution in [1.82, 2.24) is 0 Å². The van der Waals surface area contributed by atoms with E-state index in [1.165, 1.54) is 16.5 Å². The normalized spacial score (nSPS) is 21.0. The van der Waals surface area contributed by atoms with E-state index in [-0.39, 0.29) is 30.0 Å². The number of methoxy groups -OCH3 is 1. The molecule has 2 aromatic carbocycles. The summed E-state index contributed by atoms with van der Waals surface area (Å²) in [5.41, 5.74) is 1.70. The van der Waals surface area contributed by atoms with E-state index >= 15 is 0 Å². The average Bonchev–Trinajstić information content (AvgIpc) is 3.41. The molecule has 1 fully saturated rings. The Hall–Kier alpha value is -2.89. The number of carbonyl (C=O) groups excluding carboxylic acids is 2. The van der Waals surface area contributed by atoms with E-state index in [1.807, 2.05) is 24.3 Å². The quantitative estimate of drug-likeness (QED) is 0.916. The zero-order valence-corrected chi connectivity index (χ0v) is 14.4. The summed E-state index contributed by atoms with van der Waals surface area (Å²) >= 11 is 0. The van der Waals surface area contributed by atoms with Gasteiger partial charge in [-0.05, 0) is 48.1 Å². The molecule has 5 nitrogen and oxygen atoms in total. The summed E-state index contributed by atoms with van der Waals surface area (Å²) in [7, 11) is 1.63. The van der Waals surface area contributed by atoms with Crippen LogP contribution in [0.25, 0.3) is 0 Å². The number of fused-ring (bicyclic) bond motifs is 1. The highest BCUT2D eigenvalue weighted by Gasteiger charge is 2.41. The Morgan fingerprint density at radius 3 is 2.77 bits per heavy atom. The predicted molar refractivity (Wildman–Crippen MR) is 95.8 cm³/mol. The topological polar surface area (TPSA) is 58.6 Å². The van der Waals surface area contributed by atoms with Crippen LogP contribution in [0.3, 0.4) is 0 Å². The van der Waals surface area contributed by atoms with Crippen LogP contribution >= 0.6 is 0 Å². The average molecular weight is 354 g/mol. The molecule has 1 aliphatic heterocycles. The van der Waals surface area contributed by atoms with Gasteiger partial charge in [0.1, 0.15) is 23.8 Å². The molecular formula is C20H19FN2O3. The van der Waals surface area contributed by atoms with Gasteiger partial charge in [0.25, 0.3) is 0 Å². The van der Waals surface area contributed by atoms with Crippen molar-refractivity contribution in [2.24, 2.45) is 5.92 Å². The Morgan fingerprint density at radius 1 is 1.27 bits per heavy atom. The number of para-hydroxylation sites is 1. The predicted octanol–water partition coefficient (Wildman–Crippen LogP) is 3.31. The van der Waals surface area contributed by atoms with Crippen LogP contribution in [0, 0.1) is 11.7 Å². The highest BCUT2D eigenvalue weighted by molar-refractivity contribution is 6.10. The molecule has 0 radical (unpaired) electrons. The van der Waals surface area contributed by atoms with Crippen molar-refractivity contribution in [1.29, 1.82) is 0 Å². The van der Waals surface area contributed by atoms with Crippen molar-refractivity contribution in [2.75, 3.05) is 23.9 Å². The van der Waals surface area contributed by atoms with E-state index in [1.54, 1.807) is 19.2 Å². The van der Waals surface area contributed by atoms with Crippen molar-refractivity contribution in [3.63, 3.8) is 0 Å². The van der Waals surface area contributed by atoms with E-state index < -0.39 is 5.82 Å². The largest absolute Gasteiger partial charge is 0.497 e. The Balaban J connectivity index is 1.46. The molecule has 1 aliphatic carbocycles. The lowest BCUT2D eigenvalue weighted by atomic mass is 10.1. The molecule has 1 saturated carbocycles. The minimum Gasteiger partial charge on any atom is -0.497 e. The first-order valence-corrected chi connectivity index (χ1v) is 8.59. The van der Waals surface area contributed by atoms with E-state index in [0.29, 0.717) is 18.0 Å². The number of benzene rings is 2. The first kappa shape index (κ1) is 16.6. The maximum absolute atomic E-state index is 13.9. The third kappa shape index (κ3) is 3.03. The Labute approximate surface area is 150 Å². The lowest BCUT2D eigenvalue weighted by molar-refractivity contribution is -0.122. The van der Waals surface area contributed by atoms with Crippen LogP contribution in [0.2, 0.25) is 0 Å². The maximum atomic E-state index is 13.9. The van der Waals surface area contributed by atoms with Gasteiger partial charge in [0.15, 0.2) is 0 Å². The third-order valence-electron chi connectivity index (χ3n) is 5.05. The van der Waals surface area contributed by atoms with Crippen LogP contribution < -0.4 is 15.0 Å². The number of ether oxygens (including phenoxy) is 1. The maximum Gasteiger partial charge on any atom is 0.244 e. The summed E-state index contributed by atoms with van der Waals surface area (Å²) in [5.74, 6) is 0.343. The second-order valence-corrected chi connectivity index (χ2v) is 6.74. The summed E-state index contributed by atoms with van der Waals surface area (Å²) in [6, 6.07) is 12.3. The van der Waals surface area contributed by atoms with Crippen molar-refractivity contribution >= 4 is 23.2 Å². The molecule has 2 aromatic rings. The minimum atomic E-state index is -0.532. The molecule has 0 aromatic heterocycles. The third-order valence-corrected chi connectivity index (χ3v) is 5.05. The molecule has 134 valence electrons. The summed E-state index contributed by atoms with van der Waals surface area (Å²) < 4.78 is 19.1. The molecule has 0 unspecified atom stereocenters. The highest BCUT2D eigenvalue weighted by atomic mass is 19.1. The van der Waals surface area contributed by atoms with E-state index in [4.69, 9.17) is 4.74 Å². The Bertz CT molecular complexity index is 866. The smallest absolute Gasteiger partial charge is 0.244 e. The Morgan fingerprint density at radius 2 is 2.04 bits per heavy atom. The molecule has 6 heteroatoms. The number of halogens is 1. The van der Waals surface area contributed by atoms with Crippen molar-refractivity contribution < 1.29 is 18.7 Å². The lowest BCUT2D eigenvalue weighted by Gasteiger charge is -2.29. The fraction of sp³-hybridized carbons (Fsp3) is 0.300. The zero-order chi connectivity index (χ0) is 18.3. The molecule has 26 heavy (non-hydrogen) atoms. The van der Waals surface area contributed by atoms with Gasteiger partial charge in [0.05, 0.1) is 12.8 Å². The molecular weight excluding hydrogens is 335 g/mol. The van der Waals surface area contributed by atoms with Crippen molar-refractivity contribution in [3.8, 4) is 5.75 Å². The van der Waals surface area contributed by atoms with Gasteiger partial charge in [-0.1, -0.05) is 18.2 Å². The first-order chi connectivity index (χ1) is 12.6. The van der Waals surface area contributed by atoms with Crippen LogP contribution in [-0.4, -0.2) is 25.5 Å². The van der Waals surface area contributed by atoms with Gasteiger partial charge >= 0.3 is 0 Å². The molecule has 1 heterocycles. The number of hydrogen-bond acceptors (Lipinski definition) is 3. The van der Waals surface area contributed by atoms with E-state index in [2.05, 4.69) is 5.32 Å². The summed E-state index contributed by atoms with van der Waals surface area (Å²) in [5, 5.41) is 2.51. The monoisotopic (exact) mass is 354 g/mol. The van der Waals surface area contributed by atoms with Crippen LogP contribution in [0.5, 0.6) is 5.75 Å². The first-order valence-electron chi connectivity index (χ1n) is 8.59. The van der Waals surface area contributed by atoms with E-state index in [0.717, 1.165) is 12.2 Å². The van der Waals surface area contributed by atoms with Crippen LogP contribution in [0.15, 0.2) is 42.5 Å². The fourth-order valence-corrected chi connectivity index (χ4v) is 3.56. The molecule has 4 rings (SSSR count). The molecule has 0 bridgehead atoms. The zero-order valence-electron chi connectivity index (χ0n) is 14.4. The SMILES string of the molecule is COc1ccc([C@@H]2C[C@H]2CC(=O)N2CC(=O)Nc3c(F)cccc32)cc1. The number of carbonyl (C=O) groups is 2. The van der Waals surface area contributed by atoms with Crippen molar-refractivity contribution in [2.45, 2.75) is 18.8 Å². The van der Waals surface area contributed by atoms with Gasteiger partial charge in [0.2, 0.25) is 11.8 Å². The summed E-state index contributed by atoms with van der Waals surface area (Å²) in [6.45, 7) is -0.0742. The van der Waals surface area contributed by atoms with E-state index in [9.17, 15) is 14.0 Å². The number of nitrogens with one attached hydrogen (secondary N) is 1. The number of anilines is 2. The van der Waals surface area contributed by atoms with Gasteiger partial charge in [0, 0.05) is 6.42 Å². The van der Waals surface area contributed by atoms with Gasteiger partial charge < -0.3 is 15.0 Å². The second kappa shape index (κ2) is 6.44. The molecule has 2 amide bonds. The molecule has 2 aliphatic rings. The lowest BCUT2D eigenvalue weighted by Crippen LogP contribution is -2.42. The standard InChI is InChI=1S/C20H19FN2O3/c1-26-14-7-5-12(6-8-14)15-9-13(15)10-19(25)23-11-18(24)22-20-16(21)3-2-4-17(20)23/h2-8,13,15H,9-11H2,1H3,(H,22,24)/t13-,15-/m0/s1. The number of rotatable bonds is 4. The van der Waals surface area contributed by atoms with Crippen LogP contribution in [0.4, 0.5) is 15.8 Å². The highest BCUT2D eigenvalue weighted by Crippen LogP contribution is 2.50. The minimum absolute atomic E-state index is 0.0742. The van der Waals surface area contributed by atoms with Crippen molar-refractivity contribution in [3.05, 3.63) is 53.8 Å². The second-order valence-electron chi connectivity index (χ2n) is 6.74. The number of hydrogen-bond donors (Lipinski definition) is 1. The van der Waals surface area contributed by atoms with Crippen LogP contribution in [0.1, 0.15) is 24.3 Å². The molecule has 0 saturated heterocycles. The van der Waals surface area contributed by atoms with Gasteiger partial charge in [-0.3, -0.25) is 9.59 Å². The summed E-state index contributed by atoms with van der Waals surface area (Å²) in [4.78, 5) is 26.0. The molecule has 0 spiro atoms. The molecule has 2 atom stereocenters. The van der Waals surface area contributed by atoms with Crippen LogP contribution in [-0.2, 0) is 9.59 Å². The number of amides is 2.